The third kappa shape index (κ3) is 4.85. The zero-order valence-corrected chi connectivity index (χ0v) is 21.1. The Morgan fingerprint density at radius 3 is 2.44 bits per heavy atom. The van der Waals surface area contributed by atoms with E-state index in [1.54, 1.807) is 17.9 Å². The van der Waals surface area contributed by atoms with Gasteiger partial charge in [0, 0.05) is 28.5 Å². The van der Waals surface area contributed by atoms with E-state index >= 15 is 0 Å². The molecule has 7 heteroatoms. The molecule has 1 aliphatic rings. The van der Waals surface area contributed by atoms with Crippen LogP contribution in [0.25, 0.3) is 10.8 Å². The summed E-state index contributed by atoms with van der Waals surface area (Å²) >= 11 is 3.47. The average Bonchev–Trinajstić information content (AvgIpc) is 3.08. The molecule has 3 amide bonds. The third-order valence-electron chi connectivity index (χ3n) is 6.04. The summed E-state index contributed by atoms with van der Waals surface area (Å²) in [7, 11) is 0. The lowest BCUT2D eigenvalue weighted by molar-refractivity contribution is -0.139. The monoisotopic (exact) mass is 521 g/mol. The minimum Gasteiger partial charge on any atom is -0.354 e. The molecule has 0 aliphatic carbocycles. The first-order valence-corrected chi connectivity index (χ1v) is 12.2. The van der Waals surface area contributed by atoms with Crippen LogP contribution in [-0.2, 0) is 16.1 Å². The Hall–Kier alpha value is -3.19. The molecule has 0 saturated carbocycles. The van der Waals surface area contributed by atoms with E-state index in [2.05, 4.69) is 21.2 Å². The van der Waals surface area contributed by atoms with Crippen LogP contribution in [0.4, 0.5) is 5.69 Å². The molecule has 3 aromatic rings. The molecule has 0 aromatic heterocycles. The number of halogens is 1. The van der Waals surface area contributed by atoms with Crippen molar-refractivity contribution in [3.63, 3.8) is 0 Å². The van der Waals surface area contributed by atoms with Crippen LogP contribution in [0.5, 0.6) is 0 Å². The molecule has 6 nitrogen and oxygen atoms in total. The SMILES string of the molecule is CC(C)CNC(=O)[C@H](C)N(Cc1cccc(Br)c1)C(=O)CN1C(=O)c2cccc3cccc1c23. The summed E-state index contributed by atoms with van der Waals surface area (Å²) in [5.41, 5.74) is 2.22. The highest BCUT2D eigenvalue weighted by Crippen LogP contribution is 2.37. The molecular formula is C27H28BrN3O3. The predicted octanol–water partition coefficient (Wildman–Crippen LogP) is 4.75. The van der Waals surface area contributed by atoms with Crippen molar-refractivity contribution >= 4 is 50.1 Å². The highest BCUT2D eigenvalue weighted by atomic mass is 79.9. The molecule has 1 N–H and O–H groups in total. The fourth-order valence-corrected chi connectivity index (χ4v) is 4.68. The van der Waals surface area contributed by atoms with E-state index in [9.17, 15) is 14.4 Å². The number of carbonyl (C=O) groups excluding carboxylic acids is 3. The molecule has 4 rings (SSSR count). The average molecular weight is 522 g/mol. The molecule has 34 heavy (non-hydrogen) atoms. The van der Waals surface area contributed by atoms with Crippen LogP contribution < -0.4 is 10.2 Å². The van der Waals surface area contributed by atoms with Gasteiger partial charge in [0.1, 0.15) is 12.6 Å². The Morgan fingerprint density at radius 1 is 1.03 bits per heavy atom. The number of hydrogen-bond acceptors (Lipinski definition) is 3. The summed E-state index contributed by atoms with van der Waals surface area (Å²) in [6.45, 7) is 6.42. The first kappa shape index (κ1) is 24.0. The van der Waals surface area contributed by atoms with Gasteiger partial charge in [0.15, 0.2) is 0 Å². The van der Waals surface area contributed by atoms with Crippen molar-refractivity contribution in [1.29, 1.82) is 0 Å². The number of anilines is 1. The highest BCUT2D eigenvalue weighted by Gasteiger charge is 2.34. The van der Waals surface area contributed by atoms with Gasteiger partial charge < -0.3 is 10.2 Å². The maximum absolute atomic E-state index is 13.6. The Bertz CT molecular complexity index is 1250. The van der Waals surface area contributed by atoms with Gasteiger partial charge in [0.05, 0.1) is 5.69 Å². The quantitative estimate of drug-likeness (QED) is 0.464. The van der Waals surface area contributed by atoms with E-state index in [1.165, 1.54) is 4.90 Å². The van der Waals surface area contributed by atoms with Crippen molar-refractivity contribution in [2.75, 3.05) is 18.0 Å². The fraction of sp³-hybridized carbons (Fsp3) is 0.296. The minimum absolute atomic E-state index is 0.136. The number of nitrogens with one attached hydrogen (secondary N) is 1. The zero-order valence-electron chi connectivity index (χ0n) is 19.5. The molecule has 3 aromatic carbocycles. The third-order valence-corrected chi connectivity index (χ3v) is 6.53. The molecule has 0 spiro atoms. The van der Waals surface area contributed by atoms with Gasteiger partial charge >= 0.3 is 0 Å². The van der Waals surface area contributed by atoms with Gasteiger partial charge in [0.2, 0.25) is 11.8 Å². The van der Waals surface area contributed by atoms with Gasteiger partial charge in [-0.25, -0.2) is 0 Å². The van der Waals surface area contributed by atoms with Gasteiger partial charge in [-0.3, -0.25) is 19.3 Å². The number of hydrogen-bond donors (Lipinski definition) is 1. The normalized spacial score (nSPS) is 13.4. The van der Waals surface area contributed by atoms with Gasteiger partial charge in [-0.1, -0.05) is 66.2 Å². The Kier molecular flexibility index (Phi) is 7.03. The maximum Gasteiger partial charge on any atom is 0.259 e. The first-order valence-electron chi connectivity index (χ1n) is 11.4. The van der Waals surface area contributed by atoms with Gasteiger partial charge in [-0.15, -0.1) is 0 Å². The second-order valence-corrected chi connectivity index (χ2v) is 9.95. The highest BCUT2D eigenvalue weighted by molar-refractivity contribution is 9.10. The standard InChI is InChI=1S/C27H28BrN3O3/c1-17(2)14-29-26(33)18(3)30(15-19-7-4-10-21(28)13-19)24(32)16-31-23-12-6-9-20-8-5-11-22(25(20)23)27(31)34/h4-13,17-18H,14-16H2,1-3H3,(H,29,33)/t18-/m0/s1. The number of nitrogens with zero attached hydrogens (tertiary/aromatic N) is 2. The summed E-state index contributed by atoms with van der Waals surface area (Å²) in [5.74, 6) is -0.397. The maximum atomic E-state index is 13.6. The van der Waals surface area contributed by atoms with Gasteiger partial charge in [-0.05, 0) is 48.1 Å². The predicted molar refractivity (Wildman–Crippen MR) is 138 cm³/mol. The van der Waals surface area contributed by atoms with Crippen molar-refractivity contribution in [3.05, 3.63) is 76.3 Å². The van der Waals surface area contributed by atoms with E-state index in [-0.39, 0.29) is 30.8 Å². The Balaban J connectivity index is 1.61. The van der Waals surface area contributed by atoms with Crippen molar-refractivity contribution in [2.45, 2.75) is 33.4 Å². The number of rotatable bonds is 8. The van der Waals surface area contributed by atoms with Crippen molar-refractivity contribution in [2.24, 2.45) is 5.92 Å². The van der Waals surface area contributed by atoms with Crippen molar-refractivity contribution in [3.8, 4) is 0 Å². The van der Waals surface area contributed by atoms with Crippen LogP contribution in [-0.4, -0.2) is 41.8 Å². The molecule has 0 unspecified atom stereocenters. The number of carbonyl (C=O) groups is 3. The Labute approximate surface area is 208 Å². The molecule has 0 bridgehead atoms. The van der Waals surface area contributed by atoms with Crippen LogP contribution in [0.1, 0.15) is 36.7 Å². The minimum atomic E-state index is -0.693. The van der Waals surface area contributed by atoms with Crippen molar-refractivity contribution in [1.82, 2.24) is 10.2 Å². The van der Waals surface area contributed by atoms with Crippen molar-refractivity contribution < 1.29 is 14.4 Å². The van der Waals surface area contributed by atoms with Crippen LogP contribution in [0, 0.1) is 5.92 Å². The summed E-state index contributed by atoms with van der Waals surface area (Å²) < 4.78 is 0.895. The lowest BCUT2D eigenvalue weighted by Crippen LogP contribution is -2.51. The summed E-state index contributed by atoms with van der Waals surface area (Å²) in [6.07, 6.45) is 0. The fourth-order valence-electron chi connectivity index (χ4n) is 4.23. The molecule has 0 fully saturated rings. The van der Waals surface area contributed by atoms with E-state index < -0.39 is 6.04 Å². The summed E-state index contributed by atoms with van der Waals surface area (Å²) in [5, 5.41) is 4.75. The van der Waals surface area contributed by atoms with E-state index in [4.69, 9.17) is 0 Å². The first-order chi connectivity index (χ1) is 16.3. The number of amides is 3. The molecule has 1 aliphatic heterocycles. The molecule has 176 valence electrons. The topological polar surface area (TPSA) is 69.7 Å². The van der Waals surface area contributed by atoms with Crippen LogP contribution in [0.2, 0.25) is 0 Å². The molecule has 0 radical (unpaired) electrons. The lowest BCUT2D eigenvalue weighted by atomic mass is 10.1. The summed E-state index contributed by atoms with van der Waals surface area (Å²) in [6, 6.07) is 18.3. The van der Waals surface area contributed by atoms with E-state index in [1.807, 2.05) is 68.4 Å². The largest absolute Gasteiger partial charge is 0.354 e. The van der Waals surface area contributed by atoms with Gasteiger partial charge in [-0.2, -0.15) is 0 Å². The van der Waals surface area contributed by atoms with Gasteiger partial charge in [0.25, 0.3) is 5.91 Å². The second-order valence-electron chi connectivity index (χ2n) is 9.04. The van der Waals surface area contributed by atoms with E-state index in [0.29, 0.717) is 18.0 Å². The van der Waals surface area contributed by atoms with Crippen LogP contribution in [0.15, 0.2) is 65.1 Å². The zero-order chi connectivity index (χ0) is 24.4. The summed E-state index contributed by atoms with van der Waals surface area (Å²) in [4.78, 5) is 42.8. The molecule has 1 atom stereocenters. The van der Waals surface area contributed by atoms with Crippen LogP contribution in [0.3, 0.4) is 0 Å². The smallest absolute Gasteiger partial charge is 0.259 e. The second kappa shape index (κ2) is 9.97. The van der Waals surface area contributed by atoms with E-state index in [0.717, 1.165) is 26.5 Å². The molecular weight excluding hydrogens is 494 g/mol. The Morgan fingerprint density at radius 2 is 1.74 bits per heavy atom. The molecule has 0 saturated heterocycles. The molecule has 1 heterocycles. The number of benzene rings is 3. The van der Waals surface area contributed by atoms with Crippen LogP contribution >= 0.6 is 15.9 Å². The lowest BCUT2D eigenvalue weighted by Gasteiger charge is -2.31.